The SMILES string of the molecule is COC(=O)N1C(=O)C2CC=C3C(CC4C(=O)N(Nc5ccc(C)cc5)C(=O)C4(c4ccccc4)C3c3cc(Cl)ccc3O)C2C1=O. The van der Waals surface area contributed by atoms with Gasteiger partial charge < -0.3 is 9.84 Å². The highest BCUT2D eigenvalue weighted by molar-refractivity contribution is 6.30. The van der Waals surface area contributed by atoms with E-state index >= 15 is 4.79 Å². The summed E-state index contributed by atoms with van der Waals surface area (Å²) in [5, 5.41) is 12.7. The van der Waals surface area contributed by atoms with Crippen LogP contribution in [0.25, 0.3) is 0 Å². The Labute approximate surface area is 269 Å². The summed E-state index contributed by atoms with van der Waals surface area (Å²) in [6.07, 6.45) is 0.933. The van der Waals surface area contributed by atoms with Gasteiger partial charge in [-0.25, -0.2) is 4.79 Å². The highest BCUT2D eigenvalue weighted by Crippen LogP contribution is 2.65. The quantitative estimate of drug-likeness (QED) is 0.297. The zero-order valence-electron chi connectivity index (χ0n) is 25.0. The molecule has 5 amide bonds. The summed E-state index contributed by atoms with van der Waals surface area (Å²) in [5.41, 5.74) is 4.50. The van der Waals surface area contributed by atoms with Crippen molar-refractivity contribution in [3.8, 4) is 5.75 Å². The number of nitrogens with one attached hydrogen (secondary N) is 1. The standard InChI is InChI=1S/C35H30ClN3O7/c1-18-8-11-21(12-9-18)37-39-31(42)26-17-24-22(13-14-23-28(24)32(43)38(30(23)41)34(45)46-2)29(25-16-20(36)10-15-27(25)40)35(26,33(39)44)19-6-4-3-5-7-19/h3-13,15-16,23-24,26,28-29,37,40H,14,17H2,1-2H3. The summed E-state index contributed by atoms with van der Waals surface area (Å²) in [6.45, 7) is 1.93. The van der Waals surface area contributed by atoms with Gasteiger partial charge in [-0.3, -0.25) is 24.6 Å². The molecule has 2 aliphatic heterocycles. The van der Waals surface area contributed by atoms with E-state index in [-0.39, 0.29) is 18.6 Å². The molecule has 4 aliphatic rings. The number of hydrogen-bond donors (Lipinski definition) is 2. The van der Waals surface area contributed by atoms with Crippen LogP contribution in [0, 0.1) is 30.6 Å². The van der Waals surface area contributed by atoms with Crippen molar-refractivity contribution < 1.29 is 33.8 Å². The summed E-state index contributed by atoms with van der Waals surface area (Å²) in [5.74, 6) is -7.00. The first-order chi connectivity index (χ1) is 22.1. The maximum atomic E-state index is 15.0. The molecule has 0 bridgehead atoms. The van der Waals surface area contributed by atoms with E-state index in [0.717, 1.165) is 17.7 Å². The lowest BCUT2D eigenvalue weighted by Gasteiger charge is -2.50. The Morgan fingerprint density at radius 1 is 0.957 bits per heavy atom. The van der Waals surface area contributed by atoms with Crippen molar-refractivity contribution in [1.29, 1.82) is 0 Å². The third kappa shape index (κ3) is 4.12. The number of methoxy groups -OCH3 is 1. The summed E-state index contributed by atoms with van der Waals surface area (Å²) in [6, 6.07) is 20.8. The number of aryl methyl sites for hydroxylation is 1. The van der Waals surface area contributed by atoms with E-state index in [1.165, 1.54) is 12.1 Å². The monoisotopic (exact) mass is 639 g/mol. The van der Waals surface area contributed by atoms with Crippen LogP contribution in [0.1, 0.15) is 35.4 Å². The number of phenolic OH excluding ortho intramolecular Hbond substituents is 1. The molecule has 0 spiro atoms. The molecule has 234 valence electrons. The molecule has 11 heteroatoms. The van der Waals surface area contributed by atoms with Gasteiger partial charge in [0, 0.05) is 16.5 Å². The maximum Gasteiger partial charge on any atom is 0.423 e. The number of benzene rings is 3. The Morgan fingerprint density at radius 3 is 2.37 bits per heavy atom. The van der Waals surface area contributed by atoms with E-state index in [1.807, 2.05) is 31.2 Å². The van der Waals surface area contributed by atoms with Crippen LogP contribution in [-0.4, -0.2) is 51.8 Å². The molecule has 0 aromatic heterocycles. The minimum absolute atomic E-state index is 0.0460. The van der Waals surface area contributed by atoms with Crippen molar-refractivity contribution in [2.24, 2.45) is 23.7 Å². The largest absolute Gasteiger partial charge is 0.508 e. The Morgan fingerprint density at radius 2 is 1.67 bits per heavy atom. The Bertz CT molecular complexity index is 1840. The third-order valence-electron chi connectivity index (χ3n) is 10.1. The van der Waals surface area contributed by atoms with Gasteiger partial charge in [0.15, 0.2) is 0 Å². The molecule has 6 atom stereocenters. The van der Waals surface area contributed by atoms with Gasteiger partial charge in [0.1, 0.15) is 5.75 Å². The first-order valence-electron chi connectivity index (χ1n) is 15.0. The fourth-order valence-corrected chi connectivity index (χ4v) is 8.30. The number of imide groups is 4. The van der Waals surface area contributed by atoms with Crippen LogP contribution < -0.4 is 5.43 Å². The second kappa shape index (κ2) is 10.8. The van der Waals surface area contributed by atoms with E-state index < -0.39 is 64.7 Å². The first-order valence-corrected chi connectivity index (χ1v) is 15.4. The van der Waals surface area contributed by atoms with Crippen molar-refractivity contribution in [2.75, 3.05) is 12.5 Å². The number of ether oxygens (including phenoxy) is 1. The summed E-state index contributed by atoms with van der Waals surface area (Å²) >= 11 is 6.50. The van der Waals surface area contributed by atoms with Crippen molar-refractivity contribution in [3.63, 3.8) is 0 Å². The molecular weight excluding hydrogens is 610 g/mol. The zero-order valence-corrected chi connectivity index (χ0v) is 25.7. The van der Waals surface area contributed by atoms with Crippen molar-refractivity contribution >= 4 is 47.0 Å². The van der Waals surface area contributed by atoms with Crippen molar-refractivity contribution in [3.05, 3.63) is 106 Å². The lowest BCUT2D eigenvalue weighted by Crippen LogP contribution is -2.53. The van der Waals surface area contributed by atoms with Crippen molar-refractivity contribution in [1.82, 2.24) is 9.91 Å². The van der Waals surface area contributed by atoms with E-state index in [1.54, 1.807) is 42.5 Å². The Balaban J connectivity index is 1.46. The number of aromatic hydroxyl groups is 1. The minimum Gasteiger partial charge on any atom is -0.508 e. The maximum absolute atomic E-state index is 15.0. The number of carbonyl (C=O) groups is 5. The molecule has 3 fully saturated rings. The molecule has 10 nitrogen and oxygen atoms in total. The van der Waals surface area contributed by atoms with Crippen molar-refractivity contribution in [2.45, 2.75) is 31.1 Å². The van der Waals surface area contributed by atoms with E-state index in [9.17, 15) is 24.3 Å². The number of likely N-dealkylation sites (tertiary alicyclic amines) is 1. The fourth-order valence-electron chi connectivity index (χ4n) is 8.12. The molecule has 0 radical (unpaired) electrons. The van der Waals surface area contributed by atoms with Gasteiger partial charge >= 0.3 is 6.09 Å². The van der Waals surface area contributed by atoms with E-state index in [0.29, 0.717) is 32.3 Å². The Kier molecular flexibility index (Phi) is 7.01. The van der Waals surface area contributed by atoms with Crippen LogP contribution in [0.15, 0.2) is 84.4 Å². The number of rotatable bonds is 4. The molecule has 7 rings (SSSR count). The fraction of sp³-hybridized carbons (Fsp3) is 0.286. The number of nitrogens with zero attached hydrogens (tertiary/aromatic N) is 2. The zero-order chi connectivity index (χ0) is 32.5. The summed E-state index contributed by atoms with van der Waals surface area (Å²) in [4.78, 5) is 69.9. The number of allylic oxidation sites excluding steroid dienone is 2. The average Bonchev–Trinajstić information content (AvgIpc) is 3.44. The van der Waals surface area contributed by atoms with Crippen LogP contribution >= 0.6 is 11.6 Å². The van der Waals surface area contributed by atoms with E-state index in [4.69, 9.17) is 16.3 Å². The third-order valence-corrected chi connectivity index (χ3v) is 10.3. The molecule has 6 unspecified atom stereocenters. The molecule has 2 aliphatic carbocycles. The average molecular weight is 640 g/mol. The second-order valence-electron chi connectivity index (χ2n) is 12.3. The van der Waals surface area contributed by atoms with Gasteiger partial charge in [0.2, 0.25) is 11.8 Å². The van der Waals surface area contributed by atoms with Gasteiger partial charge in [0.25, 0.3) is 11.8 Å². The molecule has 46 heavy (non-hydrogen) atoms. The van der Waals surface area contributed by atoms with Crippen LogP contribution in [0.2, 0.25) is 5.02 Å². The van der Waals surface area contributed by atoms with Gasteiger partial charge in [-0.05, 0) is 61.6 Å². The normalized spacial score (nSPS) is 28.4. The van der Waals surface area contributed by atoms with Crippen LogP contribution in [0.3, 0.4) is 0 Å². The van der Waals surface area contributed by atoms with Crippen LogP contribution in [0.4, 0.5) is 10.5 Å². The highest BCUT2D eigenvalue weighted by Gasteiger charge is 2.71. The number of amides is 5. The lowest BCUT2D eigenvalue weighted by atomic mass is 9.49. The number of carbonyl (C=O) groups excluding carboxylic acids is 5. The van der Waals surface area contributed by atoms with Gasteiger partial charge in [-0.2, -0.15) is 9.91 Å². The van der Waals surface area contributed by atoms with Gasteiger partial charge in [-0.15, -0.1) is 0 Å². The molecule has 3 aromatic carbocycles. The molecule has 2 N–H and O–H groups in total. The topological polar surface area (TPSA) is 133 Å². The number of halogens is 1. The number of fused-ring (bicyclic) bond motifs is 4. The second-order valence-corrected chi connectivity index (χ2v) is 12.7. The van der Waals surface area contributed by atoms with E-state index in [2.05, 4.69) is 5.43 Å². The van der Waals surface area contributed by atoms with Crippen LogP contribution in [-0.2, 0) is 29.3 Å². The smallest absolute Gasteiger partial charge is 0.423 e. The molecule has 1 saturated carbocycles. The van der Waals surface area contributed by atoms with Gasteiger partial charge in [0.05, 0.1) is 36.0 Å². The molecular formula is C35H30ClN3O7. The Hall–Kier alpha value is -4.96. The first kappa shape index (κ1) is 29.7. The number of phenols is 1. The number of hydrazine groups is 1. The lowest BCUT2D eigenvalue weighted by molar-refractivity contribution is -0.140. The predicted molar refractivity (Wildman–Crippen MR) is 166 cm³/mol. The predicted octanol–water partition coefficient (Wildman–Crippen LogP) is 5.11. The number of hydrogen-bond acceptors (Lipinski definition) is 8. The molecule has 3 aromatic rings. The number of anilines is 1. The van der Waals surface area contributed by atoms with Crippen LogP contribution in [0.5, 0.6) is 5.75 Å². The summed E-state index contributed by atoms with van der Waals surface area (Å²) < 4.78 is 4.76. The summed E-state index contributed by atoms with van der Waals surface area (Å²) in [7, 11) is 1.10. The highest BCUT2D eigenvalue weighted by atomic mass is 35.5. The van der Waals surface area contributed by atoms with Gasteiger partial charge in [-0.1, -0.05) is 71.3 Å². The minimum atomic E-state index is -1.55. The molecule has 2 heterocycles. The molecule has 2 saturated heterocycles.